The fourth-order valence-corrected chi connectivity index (χ4v) is 2.32. The summed E-state index contributed by atoms with van der Waals surface area (Å²) >= 11 is 0. The summed E-state index contributed by atoms with van der Waals surface area (Å²) in [6, 6.07) is 17.4. The van der Waals surface area contributed by atoms with E-state index in [1.165, 1.54) is 0 Å². The van der Waals surface area contributed by atoms with Gasteiger partial charge in [0.15, 0.2) is 5.69 Å². The molecule has 0 saturated heterocycles. The van der Waals surface area contributed by atoms with Crippen LogP contribution in [0.25, 0.3) is 11.3 Å². The summed E-state index contributed by atoms with van der Waals surface area (Å²) in [5, 5.41) is 17.2. The molecule has 0 saturated carbocycles. The Balaban J connectivity index is 2.07. The lowest BCUT2D eigenvalue weighted by Gasteiger charge is -2.08. The quantitative estimate of drug-likeness (QED) is 0.803. The summed E-state index contributed by atoms with van der Waals surface area (Å²) in [6.07, 6.45) is 0. The van der Waals surface area contributed by atoms with Gasteiger partial charge < -0.3 is 5.11 Å². The average Bonchev–Trinajstić information content (AvgIpc) is 2.93. The van der Waals surface area contributed by atoms with Gasteiger partial charge >= 0.3 is 5.97 Å². The van der Waals surface area contributed by atoms with E-state index in [4.69, 9.17) is 0 Å². The third-order valence-corrected chi connectivity index (χ3v) is 3.44. The van der Waals surface area contributed by atoms with Crippen molar-refractivity contribution in [3.05, 3.63) is 71.4 Å². The van der Waals surface area contributed by atoms with Crippen LogP contribution in [-0.2, 0) is 6.54 Å². The Morgan fingerprint density at radius 2 is 1.77 bits per heavy atom. The fourth-order valence-electron chi connectivity index (χ4n) is 2.32. The number of nitrogens with zero attached hydrogens (tertiary/aromatic N) is 3. The van der Waals surface area contributed by atoms with E-state index >= 15 is 0 Å². The van der Waals surface area contributed by atoms with Gasteiger partial charge in [-0.15, -0.1) is 5.10 Å². The maximum absolute atomic E-state index is 11.4. The highest BCUT2D eigenvalue weighted by molar-refractivity contribution is 5.92. The normalized spacial score (nSPS) is 10.6. The third kappa shape index (κ3) is 2.74. The number of aryl methyl sites for hydroxylation is 1. The first kappa shape index (κ1) is 14.0. The fraction of sp³-hybridized carbons (Fsp3) is 0.118. The molecule has 3 aromatic rings. The molecule has 0 spiro atoms. The SMILES string of the molecule is Cc1ccc(-c2c(C(=O)O)nnn2Cc2ccccc2)cc1. The van der Waals surface area contributed by atoms with Crippen LogP contribution in [0.1, 0.15) is 21.6 Å². The largest absolute Gasteiger partial charge is 0.476 e. The third-order valence-electron chi connectivity index (χ3n) is 3.44. The summed E-state index contributed by atoms with van der Waals surface area (Å²) in [5.41, 5.74) is 3.44. The zero-order chi connectivity index (χ0) is 15.5. The Morgan fingerprint density at radius 1 is 1.09 bits per heavy atom. The Labute approximate surface area is 127 Å². The van der Waals surface area contributed by atoms with Crippen LogP contribution in [0.3, 0.4) is 0 Å². The molecule has 0 radical (unpaired) electrons. The molecule has 22 heavy (non-hydrogen) atoms. The van der Waals surface area contributed by atoms with E-state index in [1.54, 1.807) is 4.68 Å². The number of benzene rings is 2. The lowest BCUT2D eigenvalue weighted by atomic mass is 10.1. The van der Waals surface area contributed by atoms with E-state index < -0.39 is 5.97 Å². The molecule has 0 aliphatic heterocycles. The second-order valence-electron chi connectivity index (χ2n) is 5.10. The van der Waals surface area contributed by atoms with E-state index in [9.17, 15) is 9.90 Å². The van der Waals surface area contributed by atoms with Gasteiger partial charge in [-0.05, 0) is 12.5 Å². The van der Waals surface area contributed by atoms with E-state index in [1.807, 2.05) is 61.5 Å². The summed E-state index contributed by atoms with van der Waals surface area (Å²) in [6.45, 7) is 2.46. The molecule has 0 amide bonds. The van der Waals surface area contributed by atoms with Crippen LogP contribution in [0.4, 0.5) is 0 Å². The van der Waals surface area contributed by atoms with Crippen molar-refractivity contribution in [3.8, 4) is 11.3 Å². The van der Waals surface area contributed by atoms with Gasteiger partial charge in [0.05, 0.1) is 6.54 Å². The van der Waals surface area contributed by atoms with E-state index in [0.29, 0.717) is 12.2 Å². The molecule has 1 heterocycles. The zero-order valence-corrected chi connectivity index (χ0v) is 12.1. The molecule has 0 aliphatic rings. The summed E-state index contributed by atoms with van der Waals surface area (Å²) in [4.78, 5) is 11.4. The molecule has 5 nitrogen and oxygen atoms in total. The Kier molecular flexibility index (Phi) is 3.70. The highest BCUT2D eigenvalue weighted by Crippen LogP contribution is 2.23. The Bertz CT molecular complexity index is 793. The van der Waals surface area contributed by atoms with Crippen LogP contribution in [0.5, 0.6) is 0 Å². The van der Waals surface area contributed by atoms with Crippen molar-refractivity contribution >= 4 is 5.97 Å². The maximum Gasteiger partial charge on any atom is 0.358 e. The van der Waals surface area contributed by atoms with Gasteiger partial charge in [-0.1, -0.05) is 65.4 Å². The number of hydrogen-bond donors (Lipinski definition) is 1. The van der Waals surface area contributed by atoms with Crippen LogP contribution >= 0.6 is 0 Å². The second kappa shape index (κ2) is 5.81. The minimum Gasteiger partial charge on any atom is -0.476 e. The molecule has 0 bridgehead atoms. The molecular weight excluding hydrogens is 278 g/mol. The van der Waals surface area contributed by atoms with Gasteiger partial charge in [-0.2, -0.15) is 0 Å². The van der Waals surface area contributed by atoms with Crippen molar-refractivity contribution in [2.75, 3.05) is 0 Å². The highest BCUT2D eigenvalue weighted by atomic mass is 16.4. The molecule has 1 aromatic heterocycles. The first-order valence-corrected chi connectivity index (χ1v) is 6.93. The van der Waals surface area contributed by atoms with Crippen molar-refractivity contribution in [2.24, 2.45) is 0 Å². The summed E-state index contributed by atoms with van der Waals surface area (Å²) < 4.78 is 1.63. The van der Waals surface area contributed by atoms with Gasteiger partial charge in [0.25, 0.3) is 0 Å². The maximum atomic E-state index is 11.4. The lowest BCUT2D eigenvalue weighted by molar-refractivity contribution is 0.0691. The van der Waals surface area contributed by atoms with Gasteiger partial charge in [0.2, 0.25) is 0 Å². The lowest BCUT2D eigenvalue weighted by Crippen LogP contribution is -2.06. The smallest absolute Gasteiger partial charge is 0.358 e. The van der Waals surface area contributed by atoms with Crippen LogP contribution in [-0.4, -0.2) is 26.1 Å². The number of aromatic nitrogens is 3. The Hall–Kier alpha value is -2.95. The molecule has 0 fully saturated rings. The molecule has 0 unspecified atom stereocenters. The van der Waals surface area contributed by atoms with Gasteiger partial charge in [0.1, 0.15) is 5.69 Å². The number of carboxylic acids is 1. The molecule has 1 N–H and O–H groups in total. The van der Waals surface area contributed by atoms with Crippen molar-refractivity contribution in [3.63, 3.8) is 0 Å². The molecule has 2 aromatic carbocycles. The number of carboxylic acid groups (broad SMARTS) is 1. The van der Waals surface area contributed by atoms with Gasteiger partial charge in [-0.3, -0.25) is 0 Å². The van der Waals surface area contributed by atoms with E-state index in [2.05, 4.69) is 10.3 Å². The predicted octanol–water partition coefficient (Wildman–Crippen LogP) is 3.00. The minimum atomic E-state index is -1.07. The standard InChI is InChI=1S/C17H15N3O2/c1-12-7-9-14(10-8-12)16-15(17(21)22)18-19-20(16)11-13-5-3-2-4-6-13/h2-10H,11H2,1H3,(H,21,22). The monoisotopic (exact) mass is 293 g/mol. The average molecular weight is 293 g/mol. The molecule has 0 atom stereocenters. The highest BCUT2D eigenvalue weighted by Gasteiger charge is 2.20. The van der Waals surface area contributed by atoms with E-state index in [-0.39, 0.29) is 5.69 Å². The van der Waals surface area contributed by atoms with Crippen LogP contribution in [0, 0.1) is 6.92 Å². The first-order valence-electron chi connectivity index (χ1n) is 6.93. The topological polar surface area (TPSA) is 68.0 Å². The molecule has 0 aliphatic carbocycles. The van der Waals surface area contributed by atoms with Crippen molar-refractivity contribution in [2.45, 2.75) is 13.5 Å². The predicted molar refractivity (Wildman–Crippen MR) is 82.7 cm³/mol. The number of carbonyl (C=O) groups is 1. The number of rotatable bonds is 4. The molecule has 110 valence electrons. The molecule has 5 heteroatoms. The van der Waals surface area contributed by atoms with Gasteiger partial charge in [0, 0.05) is 5.56 Å². The number of aromatic carboxylic acids is 1. The van der Waals surface area contributed by atoms with Crippen LogP contribution in [0.2, 0.25) is 0 Å². The Morgan fingerprint density at radius 3 is 2.41 bits per heavy atom. The summed E-state index contributed by atoms with van der Waals surface area (Å²) in [7, 11) is 0. The van der Waals surface area contributed by atoms with Crippen LogP contribution < -0.4 is 0 Å². The van der Waals surface area contributed by atoms with Crippen molar-refractivity contribution in [1.29, 1.82) is 0 Å². The number of hydrogen-bond acceptors (Lipinski definition) is 3. The van der Waals surface area contributed by atoms with Crippen molar-refractivity contribution in [1.82, 2.24) is 15.0 Å². The van der Waals surface area contributed by atoms with E-state index in [0.717, 1.165) is 16.7 Å². The molecule has 3 rings (SSSR count). The van der Waals surface area contributed by atoms with Crippen LogP contribution in [0.15, 0.2) is 54.6 Å². The van der Waals surface area contributed by atoms with Gasteiger partial charge in [-0.25, -0.2) is 9.48 Å². The second-order valence-corrected chi connectivity index (χ2v) is 5.10. The zero-order valence-electron chi connectivity index (χ0n) is 12.1. The molecular formula is C17H15N3O2. The summed E-state index contributed by atoms with van der Waals surface area (Å²) in [5.74, 6) is -1.07. The first-order chi connectivity index (χ1) is 10.6. The minimum absolute atomic E-state index is 0.0280. The van der Waals surface area contributed by atoms with Crippen molar-refractivity contribution < 1.29 is 9.90 Å².